The fourth-order valence-electron chi connectivity index (χ4n) is 8.96. The number of hydrogen-bond donors (Lipinski definition) is 0. The Balaban J connectivity index is 1.40. The molecule has 9 aromatic carbocycles. The molecule has 0 N–H and O–H groups in total. The van der Waals surface area contributed by atoms with Crippen LogP contribution in [0.5, 0.6) is 0 Å². The Hall–Kier alpha value is -7.42. The second-order valence-electron chi connectivity index (χ2n) is 18.1. The van der Waals surface area contributed by atoms with Gasteiger partial charge in [-0.15, -0.1) is 0 Å². The molecule has 0 spiro atoms. The molecule has 0 atom stereocenters. The van der Waals surface area contributed by atoms with Gasteiger partial charge in [0.2, 0.25) is 0 Å². The van der Waals surface area contributed by atoms with E-state index in [0.29, 0.717) is 25.7 Å². The van der Waals surface area contributed by atoms with E-state index in [9.17, 15) is 21.9 Å². The third-order valence-corrected chi connectivity index (χ3v) is 12.7. The van der Waals surface area contributed by atoms with E-state index in [1.165, 1.54) is 41.5 Å². The van der Waals surface area contributed by atoms with Crippen LogP contribution < -0.4 is 9.80 Å². The third-order valence-electron chi connectivity index (χ3n) is 12.7. The summed E-state index contributed by atoms with van der Waals surface area (Å²) in [6.07, 6.45) is 4.99. The van der Waals surface area contributed by atoms with Gasteiger partial charge >= 0.3 is 0 Å². The lowest BCUT2D eigenvalue weighted by atomic mass is 9.84. The van der Waals surface area contributed by atoms with Crippen molar-refractivity contribution in [3.05, 3.63) is 238 Å². The van der Waals surface area contributed by atoms with Crippen molar-refractivity contribution in [2.45, 2.75) is 120 Å². The first-order chi connectivity index (χ1) is 49.5. The molecule has 74 heavy (non-hydrogen) atoms. The van der Waals surface area contributed by atoms with Gasteiger partial charge in [-0.1, -0.05) is 173 Å². The zero-order chi connectivity index (χ0) is 79.4. The molecule has 374 valence electrons. The van der Waals surface area contributed by atoms with Crippen molar-refractivity contribution in [1.82, 2.24) is 0 Å². The summed E-state index contributed by atoms with van der Waals surface area (Å²) >= 11 is 0. The third kappa shape index (κ3) is 11.5. The molecule has 0 saturated heterocycles. The first-order valence-electron chi connectivity index (χ1n) is 41.0. The van der Waals surface area contributed by atoms with Gasteiger partial charge in [-0.25, -0.2) is 0 Å². The molecule has 0 aromatic heterocycles. The van der Waals surface area contributed by atoms with Crippen molar-refractivity contribution in [2.75, 3.05) is 9.80 Å². The Bertz CT molecular complexity index is 4670. The lowest BCUT2D eigenvalue weighted by molar-refractivity contribution is 0.664. The summed E-state index contributed by atoms with van der Waals surface area (Å²) in [5.74, 6) is 0. The lowest BCUT2D eigenvalue weighted by Gasteiger charge is -2.29. The molecule has 0 amide bonds. The van der Waals surface area contributed by atoms with Crippen LogP contribution in [0.25, 0.3) is 44.5 Å². The van der Waals surface area contributed by atoms with E-state index in [0.717, 1.165) is 35.5 Å². The smallest absolute Gasteiger partial charge is 0.0648 e. The van der Waals surface area contributed by atoms with Crippen molar-refractivity contribution in [3.63, 3.8) is 0 Å². The van der Waals surface area contributed by atoms with Gasteiger partial charge < -0.3 is 9.80 Å². The summed E-state index contributed by atoms with van der Waals surface area (Å²) in [6.45, 7) is 12.1. The molecular formula is C72H76N2. The highest BCUT2D eigenvalue weighted by Crippen LogP contribution is 2.45. The van der Waals surface area contributed by atoms with Gasteiger partial charge in [-0.05, 0) is 229 Å². The van der Waals surface area contributed by atoms with Crippen molar-refractivity contribution in [3.8, 4) is 44.5 Å². The van der Waals surface area contributed by atoms with Crippen LogP contribution in [0, 0.1) is 41.5 Å². The standard InChI is InChI=1S/C72H76N2/c1-9-11-13-19-33-59-49-70(68-46-56(8)72(48-54(68)6)74(62-37-27-18-28-38-62)64-40-42-66(52(4)44-64)58-31-23-16-24-32-58)60(34-20-14-12-10-2)50-69(59)67-45-55(7)71(47-53(67)5)73(61-35-25-17-26-36-61)63-39-41-65(51(3)43-63)57-29-21-15-22-30-57/h15-18,21-32,35-50H,9-14,19-20,33-34H2,1-8H3/i15D,16D,17D,18D,21D,22D,23D,24D,25D,26D,27D,28D,29D,30D,31D,32D,35D,36D,37D,38D,39D,40D,41D,42D,43D,44D,45D,46D,47D,48D,49D,50D. The number of nitrogens with zero attached hydrogens (tertiary/aromatic N) is 2. The van der Waals surface area contributed by atoms with Crippen molar-refractivity contribution in [1.29, 1.82) is 0 Å². The van der Waals surface area contributed by atoms with E-state index in [1.54, 1.807) is 0 Å². The maximum Gasteiger partial charge on any atom is 0.0648 e. The average molecular weight is 1000 g/mol. The van der Waals surface area contributed by atoms with Crippen LogP contribution in [0.1, 0.15) is 154 Å². The number of rotatable bonds is 20. The van der Waals surface area contributed by atoms with E-state index >= 15 is 0 Å². The van der Waals surface area contributed by atoms with Gasteiger partial charge in [0.1, 0.15) is 0 Å². The minimum atomic E-state index is -0.908. The quantitative estimate of drug-likeness (QED) is 0.0702. The molecule has 9 aromatic rings. The number of hydrogen-bond acceptors (Lipinski definition) is 2. The summed E-state index contributed by atoms with van der Waals surface area (Å²) < 4.78 is 296. The zero-order valence-electron chi connectivity index (χ0n) is 75.0. The molecule has 0 aliphatic rings. The monoisotopic (exact) mass is 1000 g/mol. The van der Waals surface area contributed by atoms with Gasteiger partial charge in [0, 0.05) is 34.1 Å². The first-order valence-corrected chi connectivity index (χ1v) is 25.0. The molecule has 2 nitrogen and oxygen atoms in total. The Morgan fingerprint density at radius 3 is 1.01 bits per heavy atom. The molecule has 0 bridgehead atoms. The van der Waals surface area contributed by atoms with E-state index < -0.39 is 238 Å². The highest BCUT2D eigenvalue weighted by atomic mass is 15.1. The molecule has 2 heteroatoms. The number of anilines is 6. The Labute approximate surface area is 489 Å². The molecule has 0 saturated carbocycles. The van der Waals surface area contributed by atoms with Gasteiger partial charge in [0.25, 0.3) is 0 Å². The largest absolute Gasteiger partial charge is 0.310 e. The maximum absolute atomic E-state index is 10.7. The number of unbranched alkanes of at least 4 members (excludes halogenated alkanes) is 6. The zero-order valence-corrected chi connectivity index (χ0v) is 43.0. The second kappa shape index (κ2) is 24.1. The Kier molecular flexibility index (Phi) is 8.20. The van der Waals surface area contributed by atoms with Crippen molar-refractivity contribution >= 4 is 34.1 Å². The van der Waals surface area contributed by atoms with Crippen LogP contribution in [-0.4, -0.2) is 0 Å². The SMILES string of the molecule is [2H]c1c([2H])c([2H])c(-c2c([2H])c([2H])c(N(c3c([2H])c([2H])c([2H])c([2H])c3[2H])c3c([2H])c(C)c(-c4c([2H])c(CCCCCC)c(-c5c([2H])c(C)c(N(c6c([2H])c([2H])c([2H])c([2H])c6[2H])c6c([2H])c([2H])c(-c7c([2H])c([2H])c([2H])c([2H])c7[2H])c(C)c6[2H])c([2H])c5C)c([2H])c4CCCCCC)c([2H])c3C)c([2H])c2C)c([2H])c1[2H]. The van der Waals surface area contributed by atoms with E-state index in [1.807, 2.05) is 13.8 Å². The minimum Gasteiger partial charge on any atom is -0.310 e. The minimum absolute atomic E-state index is 0.0148. The summed E-state index contributed by atoms with van der Waals surface area (Å²) in [5, 5.41) is 0. The highest BCUT2D eigenvalue weighted by Gasteiger charge is 2.23. The summed E-state index contributed by atoms with van der Waals surface area (Å²) in [4.78, 5) is 1.73. The Morgan fingerprint density at radius 1 is 0.297 bits per heavy atom. The lowest BCUT2D eigenvalue weighted by Crippen LogP contribution is -2.12. The number of benzene rings is 9. The molecule has 9 rings (SSSR count). The molecule has 0 heterocycles. The predicted molar refractivity (Wildman–Crippen MR) is 322 cm³/mol. The molecular weight excluding hydrogens is 893 g/mol. The van der Waals surface area contributed by atoms with Crippen molar-refractivity contribution in [2.24, 2.45) is 0 Å². The van der Waals surface area contributed by atoms with Crippen LogP contribution in [0.2, 0.25) is 0 Å². The molecule has 0 aliphatic heterocycles. The maximum atomic E-state index is 10.7. The second-order valence-corrected chi connectivity index (χ2v) is 18.1. The van der Waals surface area contributed by atoms with Crippen LogP contribution in [0.4, 0.5) is 34.1 Å². The van der Waals surface area contributed by atoms with E-state index in [2.05, 4.69) is 0 Å². The fraction of sp³-hybridized carbons (Fsp3) is 0.250. The van der Waals surface area contributed by atoms with Crippen LogP contribution in [0.3, 0.4) is 0 Å². The van der Waals surface area contributed by atoms with E-state index in [4.69, 9.17) is 21.9 Å². The molecule has 0 unspecified atom stereocenters. The van der Waals surface area contributed by atoms with Gasteiger partial charge in [0.05, 0.1) is 43.9 Å². The first kappa shape index (κ1) is 25.2. The normalized spacial score (nSPS) is 17.3. The van der Waals surface area contributed by atoms with Gasteiger partial charge in [-0.2, -0.15) is 0 Å². The van der Waals surface area contributed by atoms with Crippen LogP contribution in [-0.2, 0) is 12.8 Å². The average Bonchev–Trinajstić information content (AvgIpc) is 0.712. The van der Waals surface area contributed by atoms with Crippen molar-refractivity contribution < 1.29 is 43.9 Å². The topological polar surface area (TPSA) is 6.48 Å². The highest BCUT2D eigenvalue weighted by molar-refractivity contribution is 5.88. The Morgan fingerprint density at radius 2 is 0.649 bits per heavy atom. The molecule has 0 radical (unpaired) electrons. The van der Waals surface area contributed by atoms with E-state index in [-0.39, 0.29) is 91.7 Å². The summed E-state index contributed by atoms with van der Waals surface area (Å²) in [5.41, 5.74) is -6.27. The van der Waals surface area contributed by atoms with Gasteiger partial charge in [-0.3, -0.25) is 0 Å². The van der Waals surface area contributed by atoms with Gasteiger partial charge in [0.15, 0.2) is 0 Å². The summed E-state index contributed by atoms with van der Waals surface area (Å²) in [7, 11) is 0. The molecule has 0 aliphatic carbocycles. The molecule has 0 fully saturated rings. The fourth-order valence-corrected chi connectivity index (χ4v) is 8.96. The predicted octanol–water partition coefficient (Wildman–Crippen LogP) is 21.4. The summed E-state index contributed by atoms with van der Waals surface area (Å²) in [6, 6.07) is -23.7. The number of para-hydroxylation sites is 2. The van der Waals surface area contributed by atoms with Crippen LogP contribution in [0.15, 0.2) is 193 Å². The van der Waals surface area contributed by atoms with Crippen LogP contribution >= 0.6 is 0 Å².